The number of nitrogens with one attached hydrogen (secondary N) is 2. The molecule has 19 heavy (non-hydrogen) atoms. The van der Waals surface area contributed by atoms with Crippen molar-refractivity contribution in [1.82, 2.24) is 9.97 Å². The molecule has 1 aromatic rings. The van der Waals surface area contributed by atoms with Crippen LogP contribution in [0.5, 0.6) is 0 Å². The van der Waals surface area contributed by atoms with Crippen LogP contribution in [0.1, 0.15) is 26.7 Å². The number of anilines is 3. The van der Waals surface area contributed by atoms with Gasteiger partial charge in [0.25, 0.3) is 0 Å². The van der Waals surface area contributed by atoms with E-state index < -0.39 is 0 Å². The predicted octanol–water partition coefficient (Wildman–Crippen LogP) is 1.72. The van der Waals surface area contributed by atoms with Gasteiger partial charge in [0, 0.05) is 31.2 Å². The molecule has 6 nitrogen and oxygen atoms in total. The highest BCUT2D eigenvalue weighted by Crippen LogP contribution is 2.21. The summed E-state index contributed by atoms with van der Waals surface area (Å²) >= 11 is 0. The lowest BCUT2D eigenvalue weighted by Crippen LogP contribution is -2.26. The molecule has 1 saturated heterocycles. The van der Waals surface area contributed by atoms with Gasteiger partial charge in [-0.2, -0.15) is 9.97 Å². The Hall–Kier alpha value is -1.56. The van der Waals surface area contributed by atoms with Crippen molar-refractivity contribution in [3.63, 3.8) is 0 Å². The van der Waals surface area contributed by atoms with E-state index in [0.717, 1.165) is 44.2 Å². The number of hydrogen-bond donors (Lipinski definition) is 3. The molecule has 0 bridgehead atoms. The Morgan fingerprint density at radius 2 is 2.26 bits per heavy atom. The fourth-order valence-corrected chi connectivity index (χ4v) is 2.18. The topological polar surface area (TPSA) is 85.1 Å². The summed E-state index contributed by atoms with van der Waals surface area (Å²) in [6.07, 6.45) is 2.14. The molecule has 0 amide bonds. The van der Waals surface area contributed by atoms with E-state index in [1.165, 1.54) is 0 Å². The first-order chi connectivity index (χ1) is 9.19. The lowest BCUT2D eigenvalue weighted by molar-refractivity contribution is 0.183. The number of rotatable bonds is 6. The van der Waals surface area contributed by atoms with Gasteiger partial charge in [0.05, 0.1) is 6.61 Å². The zero-order valence-electron chi connectivity index (χ0n) is 11.6. The molecule has 1 aromatic heterocycles. The third-order valence-corrected chi connectivity index (χ3v) is 3.35. The molecule has 1 aliphatic heterocycles. The van der Waals surface area contributed by atoms with Crippen molar-refractivity contribution in [2.75, 3.05) is 36.1 Å². The molecule has 2 heterocycles. The summed E-state index contributed by atoms with van der Waals surface area (Å²) in [4.78, 5) is 8.40. The van der Waals surface area contributed by atoms with Gasteiger partial charge < -0.3 is 21.1 Å². The van der Waals surface area contributed by atoms with Crippen molar-refractivity contribution in [2.45, 2.75) is 32.7 Å². The van der Waals surface area contributed by atoms with Crippen molar-refractivity contribution in [1.29, 1.82) is 0 Å². The number of nitrogen functional groups attached to an aromatic ring is 1. The Morgan fingerprint density at radius 1 is 1.47 bits per heavy atom. The highest BCUT2D eigenvalue weighted by Gasteiger charge is 2.22. The molecule has 0 spiro atoms. The van der Waals surface area contributed by atoms with Crippen LogP contribution in [-0.2, 0) is 4.74 Å². The van der Waals surface area contributed by atoms with Gasteiger partial charge in [-0.15, -0.1) is 0 Å². The highest BCUT2D eigenvalue weighted by molar-refractivity contribution is 5.51. The maximum Gasteiger partial charge on any atom is 0.223 e. The second kappa shape index (κ2) is 6.56. The lowest BCUT2D eigenvalue weighted by atomic mass is 10.0. The first-order valence-electron chi connectivity index (χ1n) is 6.91. The van der Waals surface area contributed by atoms with Crippen LogP contribution in [0.15, 0.2) is 6.07 Å². The third kappa shape index (κ3) is 3.96. The summed E-state index contributed by atoms with van der Waals surface area (Å²) in [5.74, 6) is 2.36. The van der Waals surface area contributed by atoms with Crippen LogP contribution in [0.3, 0.4) is 0 Å². The van der Waals surface area contributed by atoms with Gasteiger partial charge >= 0.3 is 0 Å². The van der Waals surface area contributed by atoms with Crippen molar-refractivity contribution in [2.24, 2.45) is 5.92 Å². The average Bonchev–Trinajstić information content (AvgIpc) is 2.89. The number of aromatic nitrogens is 2. The van der Waals surface area contributed by atoms with Gasteiger partial charge in [-0.3, -0.25) is 0 Å². The Kier molecular flexibility index (Phi) is 4.79. The second-order valence-corrected chi connectivity index (χ2v) is 4.98. The molecule has 0 saturated carbocycles. The van der Waals surface area contributed by atoms with Gasteiger partial charge in [0.1, 0.15) is 11.6 Å². The molecule has 2 unspecified atom stereocenters. The summed E-state index contributed by atoms with van der Waals surface area (Å²) in [5, 5.41) is 6.61. The molecule has 2 rings (SSSR count). The van der Waals surface area contributed by atoms with Crippen LogP contribution in [0.4, 0.5) is 17.6 Å². The summed E-state index contributed by atoms with van der Waals surface area (Å²) in [7, 11) is 0. The van der Waals surface area contributed by atoms with E-state index in [9.17, 15) is 0 Å². The van der Waals surface area contributed by atoms with Crippen LogP contribution in [-0.4, -0.2) is 35.8 Å². The van der Waals surface area contributed by atoms with E-state index in [4.69, 9.17) is 10.5 Å². The van der Waals surface area contributed by atoms with Crippen molar-refractivity contribution < 1.29 is 4.74 Å². The van der Waals surface area contributed by atoms with Crippen molar-refractivity contribution in [3.8, 4) is 0 Å². The second-order valence-electron chi connectivity index (χ2n) is 4.98. The zero-order valence-corrected chi connectivity index (χ0v) is 11.6. The SMILES string of the molecule is CCCNc1cc(NC(C)C2CCOC2)nc(N)n1. The van der Waals surface area contributed by atoms with Crippen molar-refractivity contribution >= 4 is 17.6 Å². The van der Waals surface area contributed by atoms with Crippen LogP contribution in [0, 0.1) is 5.92 Å². The summed E-state index contributed by atoms with van der Waals surface area (Å²) in [5.41, 5.74) is 5.73. The smallest absolute Gasteiger partial charge is 0.223 e. The lowest BCUT2D eigenvalue weighted by Gasteiger charge is -2.20. The molecule has 2 atom stereocenters. The standard InChI is InChI=1S/C13H23N5O/c1-3-5-15-11-7-12(18-13(14)17-11)16-9(2)10-4-6-19-8-10/h7,9-10H,3-6,8H2,1-2H3,(H4,14,15,16,17,18). The van der Waals surface area contributed by atoms with Gasteiger partial charge in [-0.25, -0.2) is 0 Å². The van der Waals surface area contributed by atoms with E-state index in [-0.39, 0.29) is 0 Å². The third-order valence-electron chi connectivity index (χ3n) is 3.35. The molecular formula is C13H23N5O. The first kappa shape index (κ1) is 13.9. The summed E-state index contributed by atoms with van der Waals surface area (Å²) < 4.78 is 5.41. The predicted molar refractivity (Wildman–Crippen MR) is 77.2 cm³/mol. The molecule has 1 aliphatic rings. The minimum atomic E-state index is 0.290. The average molecular weight is 265 g/mol. The first-order valence-corrected chi connectivity index (χ1v) is 6.91. The minimum absolute atomic E-state index is 0.290. The van der Waals surface area contributed by atoms with Gasteiger partial charge in [0.2, 0.25) is 5.95 Å². The summed E-state index contributed by atoms with van der Waals surface area (Å²) in [6, 6.07) is 2.22. The Balaban J connectivity index is 2.00. The molecule has 6 heteroatoms. The Bertz CT molecular complexity index is 406. The molecule has 106 valence electrons. The summed E-state index contributed by atoms with van der Waals surface area (Å²) in [6.45, 7) is 6.80. The molecular weight excluding hydrogens is 242 g/mol. The quantitative estimate of drug-likeness (QED) is 0.726. The fourth-order valence-electron chi connectivity index (χ4n) is 2.18. The maximum absolute atomic E-state index is 5.73. The van der Waals surface area contributed by atoms with Crippen molar-refractivity contribution in [3.05, 3.63) is 6.07 Å². The van der Waals surface area contributed by atoms with E-state index in [0.29, 0.717) is 17.9 Å². The highest BCUT2D eigenvalue weighted by atomic mass is 16.5. The molecule has 0 aliphatic carbocycles. The minimum Gasteiger partial charge on any atom is -0.381 e. The zero-order chi connectivity index (χ0) is 13.7. The Labute approximate surface area is 114 Å². The normalized spacial score (nSPS) is 20.2. The van der Waals surface area contributed by atoms with E-state index >= 15 is 0 Å². The number of nitrogens with two attached hydrogens (primary N) is 1. The van der Waals surface area contributed by atoms with Gasteiger partial charge in [-0.1, -0.05) is 6.92 Å². The molecule has 0 radical (unpaired) electrons. The van der Waals surface area contributed by atoms with E-state index in [1.54, 1.807) is 0 Å². The number of nitrogens with zero attached hydrogens (tertiary/aromatic N) is 2. The number of hydrogen-bond acceptors (Lipinski definition) is 6. The Morgan fingerprint density at radius 3 is 2.95 bits per heavy atom. The molecule has 0 aromatic carbocycles. The van der Waals surface area contributed by atoms with Crippen LogP contribution in [0.25, 0.3) is 0 Å². The van der Waals surface area contributed by atoms with Gasteiger partial charge in [-0.05, 0) is 19.8 Å². The molecule has 1 fully saturated rings. The van der Waals surface area contributed by atoms with Crippen LogP contribution in [0.2, 0.25) is 0 Å². The van der Waals surface area contributed by atoms with E-state index in [1.807, 2.05) is 6.07 Å². The maximum atomic E-state index is 5.73. The molecule has 4 N–H and O–H groups in total. The van der Waals surface area contributed by atoms with E-state index in [2.05, 4.69) is 34.4 Å². The monoisotopic (exact) mass is 265 g/mol. The number of ether oxygens (including phenoxy) is 1. The van der Waals surface area contributed by atoms with Crippen LogP contribution < -0.4 is 16.4 Å². The van der Waals surface area contributed by atoms with Crippen LogP contribution >= 0.6 is 0 Å². The van der Waals surface area contributed by atoms with Gasteiger partial charge in [0.15, 0.2) is 0 Å². The largest absolute Gasteiger partial charge is 0.381 e. The fraction of sp³-hybridized carbons (Fsp3) is 0.692.